The van der Waals surface area contributed by atoms with Gasteiger partial charge in [0, 0.05) is 12.1 Å². The Labute approximate surface area is 116 Å². The molecule has 1 aliphatic carbocycles. The Kier molecular flexibility index (Phi) is 3.95. The number of carbonyl (C=O) groups excluding carboxylic acids is 1. The van der Waals surface area contributed by atoms with Crippen molar-refractivity contribution in [2.75, 3.05) is 6.54 Å². The maximum Gasteiger partial charge on any atom is 0.251 e. The summed E-state index contributed by atoms with van der Waals surface area (Å²) in [4.78, 5) is 12.0. The van der Waals surface area contributed by atoms with Crippen LogP contribution in [0, 0.1) is 5.41 Å². The summed E-state index contributed by atoms with van der Waals surface area (Å²) in [5, 5.41) is 12.5. The fourth-order valence-electron chi connectivity index (χ4n) is 2.36. The van der Waals surface area contributed by atoms with E-state index in [1.807, 2.05) is 0 Å². The second kappa shape index (κ2) is 5.31. The predicted octanol–water partition coefficient (Wildman–Crippen LogP) is 3.46. The smallest absolute Gasteiger partial charge is 0.251 e. The lowest BCUT2D eigenvalue weighted by atomic mass is 9.67. The lowest BCUT2D eigenvalue weighted by Gasteiger charge is -2.41. The first-order valence-electron chi connectivity index (χ1n) is 6.33. The van der Waals surface area contributed by atoms with Crippen molar-refractivity contribution in [3.63, 3.8) is 0 Å². The number of rotatable bonds is 4. The average molecular weight is 312 g/mol. The fraction of sp³-hybridized carbons (Fsp3) is 0.500. The van der Waals surface area contributed by atoms with Crippen LogP contribution in [0.4, 0.5) is 0 Å². The summed E-state index contributed by atoms with van der Waals surface area (Å²) in [7, 11) is 0. The molecular weight excluding hydrogens is 294 g/mol. The second-order valence-corrected chi connectivity index (χ2v) is 5.91. The van der Waals surface area contributed by atoms with Crippen molar-refractivity contribution in [3.8, 4) is 5.75 Å². The first kappa shape index (κ1) is 13.4. The molecule has 2 rings (SSSR count). The van der Waals surface area contributed by atoms with E-state index in [4.69, 9.17) is 0 Å². The number of hydrogen-bond acceptors (Lipinski definition) is 2. The highest BCUT2D eigenvalue weighted by molar-refractivity contribution is 9.10. The lowest BCUT2D eigenvalue weighted by Crippen LogP contribution is -2.41. The Morgan fingerprint density at radius 1 is 1.50 bits per heavy atom. The van der Waals surface area contributed by atoms with Crippen molar-refractivity contribution in [2.24, 2.45) is 5.41 Å². The molecule has 1 aliphatic rings. The van der Waals surface area contributed by atoms with Gasteiger partial charge in [0.15, 0.2) is 0 Å². The summed E-state index contributed by atoms with van der Waals surface area (Å²) in [6, 6.07) is 4.88. The number of hydrogen-bond donors (Lipinski definition) is 2. The largest absolute Gasteiger partial charge is 0.507 e. The van der Waals surface area contributed by atoms with Gasteiger partial charge in [-0.05, 0) is 58.8 Å². The molecule has 0 radical (unpaired) electrons. The molecule has 0 unspecified atom stereocenters. The summed E-state index contributed by atoms with van der Waals surface area (Å²) in [6.45, 7) is 2.91. The molecule has 1 aromatic carbocycles. The summed E-state index contributed by atoms with van der Waals surface area (Å²) >= 11 is 3.20. The molecule has 0 atom stereocenters. The molecule has 0 heterocycles. The zero-order valence-corrected chi connectivity index (χ0v) is 12.1. The molecule has 3 nitrogen and oxygen atoms in total. The van der Waals surface area contributed by atoms with E-state index in [1.165, 1.54) is 25.3 Å². The third-order valence-electron chi connectivity index (χ3n) is 4.00. The van der Waals surface area contributed by atoms with Crippen LogP contribution in [0.3, 0.4) is 0 Å². The van der Waals surface area contributed by atoms with Gasteiger partial charge in [0.2, 0.25) is 0 Å². The minimum atomic E-state index is -0.113. The van der Waals surface area contributed by atoms with E-state index in [1.54, 1.807) is 12.1 Å². The maximum absolute atomic E-state index is 12.0. The van der Waals surface area contributed by atoms with Gasteiger partial charge in [0.25, 0.3) is 5.91 Å². The molecule has 1 saturated carbocycles. The van der Waals surface area contributed by atoms with Crippen molar-refractivity contribution in [1.29, 1.82) is 0 Å². The molecule has 1 aromatic rings. The number of amides is 1. The van der Waals surface area contributed by atoms with Gasteiger partial charge in [-0.25, -0.2) is 0 Å². The quantitative estimate of drug-likeness (QED) is 0.894. The second-order valence-electron chi connectivity index (χ2n) is 5.06. The van der Waals surface area contributed by atoms with Gasteiger partial charge in [-0.2, -0.15) is 0 Å². The number of benzene rings is 1. The first-order valence-corrected chi connectivity index (χ1v) is 7.12. The highest BCUT2D eigenvalue weighted by atomic mass is 79.9. The zero-order chi connectivity index (χ0) is 13.2. The van der Waals surface area contributed by atoms with E-state index in [-0.39, 0.29) is 11.7 Å². The summed E-state index contributed by atoms with van der Waals surface area (Å²) < 4.78 is 0.600. The van der Waals surface area contributed by atoms with Gasteiger partial charge in [0.1, 0.15) is 5.75 Å². The Hall–Kier alpha value is -1.03. The third kappa shape index (κ3) is 2.69. The molecule has 1 amide bonds. The van der Waals surface area contributed by atoms with Crippen LogP contribution in [-0.4, -0.2) is 17.6 Å². The van der Waals surface area contributed by atoms with Gasteiger partial charge in [-0.15, -0.1) is 0 Å². The van der Waals surface area contributed by atoms with Crippen molar-refractivity contribution in [2.45, 2.75) is 32.6 Å². The van der Waals surface area contributed by atoms with Gasteiger partial charge >= 0.3 is 0 Å². The molecule has 0 spiro atoms. The highest BCUT2D eigenvalue weighted by Crippen LogP contribution is 2.43. The van der Waals surface area contributed by atoms with Crippen LogP contribution < -0.4 is 5.32 Å². The third-order valence-corrected chi connectivity index (χ3v) is 4.67. The van der Waals surface area contributed by atoms with Crippen LogP contribution in [0.1, 0.15) is 43.0 Å². The molecule has 0 bridgehead atoms. The monoisotopic (exact) mass is 311 g/mol. The molecule has 0 aromatic heterocycles. The first-order chi connectivity index (χ1) is 8.56. The number of halogens is 1. The Morgan fingerprint density at radius 3 is 2.72 bits per heavy atom. The van der Waals surface area contributed by atoms with Gasteiger partial charge in [0.05, 0.1) is 4.47 Å². The molecule has 18 heavy (non-hydrogen) atoms. The minimum Gasteiger partial charge on any atom is -0.507 e. The van der Waals surface area contributed by atoms with Crippen LogP contribution in [0.2, 0.25) is 0 Å². The van der Waals surface area contributed by atoms with E-state index in [9.17, 15) is 9.90 Å². The van der Waals surface area contributed by atoms with Crippen molar-refractivity contribution >= 4 is 21.8 Å². The van der Waals surface area contributed by atoms with Crippen LogP contribution in [0.25, 0.3) is 0 Å². The van der Waals surface area contributed by atoms with E-state index in [0.717, 1.165) is 13.0 Å². The zero-order valence-electron chi connectivity index (χ0n) is 10.5. The fourth-order valence-corrected chi connectivity index (χ4v) is 2.60. The Bertz CT molecular complexity index is 450. The number of carbonyl (C=O) groups is 1. The van der Waals surface area contributed by atoms with Gasteiger partial charge in [-0.1, -0.05) is 13.3 Å². The van der Waals surface area contributed by atoms with Gasteiger partial charge < -0.3 is 10.4 Å². The summed E-state index contributed by atoms with van der Waals surface area (Å²) in [6.07, 6.45) is 4.78. The summed E-state index contributed by atoms with van der Waals surface area (Å²) in [5.41, 5.74) is 0.814. The molecule has 98 valence electrons. The molecule has 0 aliphatic heterocycles. The molecule has 4 heteroatoms. The number of phenolic OH excluding ortho intramolecular Hbond substituents is 1. The van der Waals surface area contributed by atoms with Crippen LogP contribution in [0.5, 0.6) is 5.75 Å². The van der Waals surface area contributed by atoms with Crippen molar-refractivity contribution < 1.29 is 9.90 Å². The standard InChI is InChI=1S/C14H18BrNO2/c1-2-14(6-3-7-14)9-16-13(18)10-4-5-11(15)12(17)8-10/h4-5,8,17H,2-3,6-7,9H2,1H3,(H,16,18). The van der Waals surface area contributed by atoms with E-state index < -0.39 is 0 Å². The Morgan fingerprint density at radius 2 is 2.22 bits per heavy atom. The molecule has 1 fully saturated rings. The lowest BCUT2D eigenvalue weighted by molar-refractivity contribution is 0.0849. The van der Waals surface area contributed by atoms with Crippen LogP contribution >= 0.6 is 15.9 Å². The highest BCUT2D eigenvalue weighted by Gasteiger charge is 2.35. The maximum atomic E-state index is 12.0. The van der Waals surface area contributed by atoms with Crippen molar-refractivity contribution in [3.05, 3.63) is 28.2 Å². The Balaban J connectivity index is 1.97. The molecule has 0 saturated heterocycles. The summed E-state index contributed by atoms with van der Waals surface area (Å²) in [5.74, 6) is -0.0194. The number of aromatic hydroxyl groups is 1. The van der Waals surface area contributed by atoms with Crippen molar-refractivity contribution in [1.82, 2.24) is 5.32 Å². The molecule has 2 N–H and O–H groups in total. The predicted molar refractivity (Wildman–Crippen MR) is 74.7 cm³/mol. The van der Waals surface area contributed by atoms with Crippen LogP contribution in [-0.2, 0) is 0 Å². The SMILES string of the molecule is CCC1(CNC(=O)c2ccc(Br)c(O)c2)CCC1. The van der Waals surface area contributed by atoms with Crippen LogP contribution in [0.15, 0.2) is 22.7 Å². The van der Waals surface area contributed by atoms with E-state index in [0.29, 0.717) is 15.5 Å². The number of phenols is 1. The molecular formula is C14H18BrNO2. The van der Waals surface area contributed by atoms with Gasteiger partial charge in [-0.3, -0.25) is 4.79 Å². The average Bonchev–Trinajstić information content (AvgIpc) is 2.31. The van der Waals surface area contributed by atoms with E-state index >= 15 is 0 Å². The minimum absolute atomic E-state index is 0.0940. The normalized spacial score (nSPS) is 17.0. The number of nitrogens with one attached hydrogen (secondary N) is 1. The van der Waals surface area contributed by atoms with E-state index in [2.05, 4.69) is 28.2 Å². The topological polar surface area (TPSA) is 49.3 Å².